The molecule has 5 heteroatoms. The Bertz CT molecular complexity index is 819. The molecule has 2 N–H and O–H groups in total. The van der Waals surface area contributed by atoms with Crippen LogP contribution in [0.2, 0.25) is 0 Å². The maximum Gasteiger partial charge on any atom is 0.227 e. The number of benzene rings is 2. The first kappa shape index (κ1) is 25.3. The molecule has 0 saturated carbocycles. The minimum atomic E-state index is -0.209. The summed E-state index contributed by atoms with van der Waals surface area (Å²) < 4.78 is 11.5. The second kappa shape index (κ2) is 13.4. The first-order valence-corrected chi connectivity index (χ1v) is 12.4. The fourth-order valence-electron chi connectivity index (χ4n) is 4.23. The van der Waals surface area contributed by atoms with Crippen molar-refractivity contribution in [3.63, 3.8) is 0 Å². The van der Waals surface area contributed by atoms with Gasteiger partial charge in [-0.05, 0) is 54.9 Å². The lowest BCUT2D eigenvalue weighted by Gasteiger charge is -2.23. The van der Waals surface area contributed by atoms with Gasteiger partial charge in [-0.25, -0.2) is 0 Å². The van der Waals surface area contributed by atoms with Crippen molar-refractivity contribution >= 4 is 5.91 Å². The summed E-state index contributed by atoms with van der Waals surface area (Å²) >= 11 is 0. The molecule has 2 aromatic rings. The highest BCUT2D eigenvalue weighted by Gasteiger charge is 2.21. The van der Waals surface area contributed by atoms with Crippen LogP contribution in [0, 0.1) is 11.8 Å². The number of nitrogens with one attached hydrogen (secondary N) is 2. The molecule has 33 heavy (non-hydrogen) atoms. The molecule has 4 atom stereocenters. The van der Waals surface area contributed by atoms with Gasteiger partial charge in [0, 0.05) is 19.7 Å². The van der Waals surface area contributed by atoms with E-state index in [1.54, 1.807) is 0 Å². The van der Waals surface area contributed by atoms with Crippen LogP contribution in [-0.4, -0.2) is 38.8 Å². The molecule has 0 spiro atoms. The van der Waals surface area contributed by atoms with Crippen LogP contribution in [0.15, 0.2) is 54.6 Å². The predicted molar refractivity (Wildman–Crippen MR) is 134 cm³/mol. The van der Waals surface area contributed by atoms with Crippen LogP contribution in [-0.2, 0) is 9.53 Å². The van der Waals surface area contributed by atoms with Gasteiger partial charge in [0.25, 0.3) is 0 Å². The van der Waals surface area contributed by atoms with Gasteiger partial charge >= 0.3 is 0 Å². The highest BCUT2D eigenvalue weighted by atomic mass is 16.5. The van der Waals surface area contributed by atoms with Gasteiger partial charge in [-0.3, -0.25) is 4.79 Å². The number of hydrogen-bond acceptors (Lipinski definition) is 4. The number of ether oxygens (including phenoxy) is 2. The second-order valence-corrected chi connectivity index (χ2v) is 9.36. The molecule has 1 saturated heterocycles. The van der Waals surface area contributed by atoms with Crippen molar-refractivity contribution in [2.45, 2.75) is 52.0 Å². The molecule has 0 bridgehead atoms. The molecule has 0 aromatic heterocycles. The fraction of sp³-hybridized carbons (Fsp3) is 0.536. The maximum atomic E-state index is 13.1. The Kier molecular flexibility index (Phi) is 10.2. The Hall–Kier alpha value is -2.37. The van der Waals surface area contributed by atoms with E-state index in [4.69, 9.17) is 9.47 Å². The van der Waals surface area contributed by atoms with Gasteiger partial charge in [0.15, 0.2) is 0 Å². The SMILES string of the molecule is CCCC(C)COc1ccc([C@H](CNCC2CCOC2)NC(=O)C(C)c2ccccc2)cc1. The average Bonchev–Trinajstić information content (AvgIpc) is 3.36. The summed E-state index contributed by atoms with van der Waals surface area (Å²) in [7, 11) is 0. The van der Waals surface area contributed by atoms with E-state index in [0.717, 1.165) is 49.7 Å². The van der Waals surface area contributed by atoms with Crippen LogP contribution in [0.1, 0.15) is 63.1 Å². The molecular formula is C28H40N2O3. The summed E-state index contributed by atoms with van der Waals surface area (Å²) in [6, 6.07) is 18.0. The van der Waals surface area contributed by atoms with Crippen LogP contribution in [0.4, 0.5) is 0 Å². The molecule has 1 aliphatic heterocycles. The van der Waals surface area contributed by atoms with Crippen LogP contribution in [0.25, 0.3) is 0 Å². The zero-order valence-corrected chi connectivity index (χ0v) is 20.4. The largest absolute Gasteiger partial charge is 0.493 e. The minimum Gasteiger partial charge on any atom is -0.493 e. The maximum absolute atomic E-state index is 13.1. The fourth-order valence-corrected chi connectivity index (χ4v) is 4.23. The zero-order chi connectivity index (χ0) is 23.5. The lowest BCUT2D eigenvalue weighted by molar-refractivity contribution is -0.123. The van der Waals surface area contributed by atoms with Gasteiger partial charge in [-0.1, -0.05) is 62.7 Å². The molecule has 180 valence electrons. The van der Waals surface area contributed by atoms with Gasteiger partial charge in [-0.2, -0.15) is 0 Å². The Labute approximate surface area is 199 Å². The van der Waals surface area contributed by atoms with Crippen molar-refractivity contribution in [2.24, 2.45) is 11.8 Å². The number of amides is 1. The monoisotopic (exact) mass is 452 g/mol. The van der Waals surface area contributed by atoms with Crippen molar-refractivity contribution in [2.75, 3.05) is 32.9 Å². The lowest BCUT2D eigenvalue weighted by Crippen LogP contribution is -2.39. The molecule has 1 heterocycles. The van der Waals surface area contributed by atoms with E-state index < -0.39 is 0 Å². The van der Waals surface area contributed by atoms with Crippen molar-refractivity contribution in [1.82, 2.24) is 10.6 Å². The molecule has 5 nitrogen and oxygen atoms in total. The molecule has 0 aliphatic carbocycles. The van der Waals surface area contributed by atoms with E-state index >= 15 is 0 Å². The molecule has 1 fully saturated rings. The molecular weight excluding hydrogens is 412 g/mol. The first-order valence-electron chi connectivity index (χ1n) is 12.4. The molecule has 3 rings (SSSR count). The van der Waals surface area contributed by atoms with Gasteiger partial charge in [0.05, 0.1) is 25.2 Å². The summed E-state index contributed by atoms with van der Waals surface area (Å²) in [4.78, 5) is 13.1. The zero-order valence-electron chi connectivity index (χ0n) is 20.4. The van der Waals surface area contributed by atoms with Crippen LogP contribution >= 0.6 is 0 Å². The number of carbonyl (C=O) groups excluding carboxylic acids is 1. The normalized spacial score (nSPS) is 18.5. The van der Waals surface area contributed by atoms with E-state index in [9.17, 15) is 4.79 Å². The number of rotatable bonds is 13. The number of carbonyl (C=O) groups is 1. The van der Waals surface area contributed by atoms with E-state index in [1.807, 2.05) is 49.4 Å². The van der Waals surface area contributed by atoms with Crippen molar-refractivity contribution in [3.8, 4) is 5.75 Å². The van der Waals surface area contributed by atoms with Crippen molar-refractivity contribution < 1.29 is 14.3 Å². The number of hydrogen-bond donors (Lipinski definition) is 2. The van der Waals surface area contributed by atoms with Crippen molar-refractivity contribution in [3.05, 3.63) is 65.7 Å². The topological polar surface area (TPSA) is 59.6 Å². The van der Waals surface area contributed by atoms with Gasteiger partial charge in [0.2, 0.25) is 5.91 Å². The van der Waals surface area contributed by atoms with Gasteiger partial charge < -0.3 is 20.1 Å². The van der Waals surface area contributed by atoms with E-state index in [-0.39, 0.29) is 17.9 Å². The van der Waals surface area contributed by atoms with Gasteiger partial charge in [-0.15, -0.1) is 0 Å². The standard InChI is InChI=1S/C28H40N2O3/c1-4-8-21(2)19-33-26-13-11-25(12-14-26)27(18-29-17-23-15-16-32-20-23)30-28(31)22(3)24-9-6-5-7-10-24/h5-7,9-14,21-23,27,29H,4,8,15-20H2,1-3H3,(H,30,31)/t21?,22?,23?,27-/m0/s1. The van der Waals surface area contributed by atoms with Crippen molar-refractivity contribution in [1.29, 1.82) is 0 Å². The van der Waals surface area contributed by atoms with Crippen LogP contribution in [0.5, 0.6) is 5.75 Å². The summed E-state index contributed by atoms with van der Waals surface area (Å²) in [6.07, 6.45) is 3.44. The summed E-state index contributed by atoms with van der Waals surface area (Å²) in [5, 5.41) is 6.82. The first-order chi connectivity index (χ1) is 16.1. The van der Waals surface area contributed by atoms with Crippen LogP contribution < -0.4 is 15.4 Å². The van der Waals surface area contributed by atoms with E-state index in [1.165, 1.54) is 12.8 Å². The Morgan fingerprint density at radius 3 is 2.52 bits per heavy atom. The second-order valence-electron chi connectivity index (χ2n) is 9.36. The summed E-state index contributed by atoms with van der Waals surface area (Å²) in [5.74, 6) is 1.79. The quantitative estimate of drug-likeness (QED) is 0.444. The molecule has 0 radical (unpaired) electrons. The Morgan fingerprint density at radius 1 is 1.09 bits per heavy atom. The third-order valence-corrected chi connectivity index (χ3v) is 6.41. The molecule has 2 aromatic carbocycles. The smallest absolute Gasteiger partial charge is 0.227 e. The molecule has 3 unspecified atom stereocenters. The third kappa shape index (κ3) is 8.17. The van der Waals surface area contributed by atoms with E-state index in [0.29, 0.717) is 18.4 Å². The predicted octanol–water partition coefficient (Wildman–Crippen LogP) is 5.09. The Balaban J connectivity index is 1.63. The summed E-state index contributed by atoms with van der Waals surface area (Å²) in [6.45, 7) is 10.3. The minimum absolute atomic E-state index is 0.0333. The van der Waals surface area contributed by atoms with Crippen LogP contribution in [0.3, 0.4) is 0 Å². The lowest BCUT2D eigenvalue weighted by atomic mass is 9.99. The molecule has 1 aliphatic rings. The van der Waals surface area contributed by atoms with Gasteiger partial charge in [0.1, 0.15) is 5.75 Å². The van der Waals surface area contributed by atoms with E-state index in [2.05, 4.69) is 36.6 Å². The third-order valence-electron chi connectivity index (χ3n) is 6.41. The highest BCUT2D eigenvalue weighted by Crippen LogP contribution is 2.22. The Morgan fingerprint density at radius 2 is 1.85 bits per heavy atom. The highest BCUT2D eigenvalue weighted by molar-refractivity contribution is 5.83. The molecule has 1 amide bonds. The summed E-state index contributed by atoms with van der Waals surface area (Å²) in [5.41, 5.74) is 2.10. The average molecular weight is 453 g/mol.